The fourth-order valence-electron chi connectivity index (χ4n) is 1.46. The van der Waals surface area contributed by atoms with Crippen LogP contribution in [0.4, 0.5) is 0 Å². The zero-order valence-corrected chi connectivity index (χ0v) is 11.7. The smallest absolute Gasteiger partial charge is 0.308 e. The van der Waals surface area contributed by atoms with Crippen molar-refractivity contribution >= 4 is 17.8 Å². The second-order valence-electron chi connectivity index (χ2n) is 4.10. The molecule has 0 heterocycles. The number of amides is 1. The Balaban J connectivity index is 2.91. The predicted molar refractivity (Wildman–Crippen MR) is 71.2 cm³/mol. The molecule has 6 nitrogen and oxygen atoms in total. The summed E-state index contributed by atoms with van der Waals surface area (Å²) in [7, 11) is 0. The van der Waals surface area contributed by atoms with Crippen LogP contribution >= 0.6 is 0 Å². The number of hydrogen-bond donors (Lipinski definition) is 1. The Hall–Kier alpha value is -2.37. The van der Waals surface area contributed by atoms with Crippen molar-refractivity contribution in [2.24, 2.45) is 0 Å². The first kappa shape index (κ1) is 15.7. The van der Waals surface area contributed by atoms with Crippen molar-refractivity contribution in [2.45, 2.75) is 33.7 Å². The van der Waals surface area contributed by atoms with E-state index >= 15 is 0 Å². The summed E-state index contributed by atoms with van der Waals surface area (Å²) in [6.45, 7) is 4.57. The van der Waals surface area contributed by atoms with E-state index < -0.39 is 11.9 Å². The molecule has 0 bridgehead atoms. The first-order chi connectivity index (χ1) is 9.42. The van der Waals surface area contributed by atoms with Gasteiger partial charge in [0, 0.05) is 26.8 Å². The number of esters is 2. The fraction of sp³-hybridized carbons (Fsp3) is 0.357. The summed E-state index contributed by atoms with van der Waals surface area (Å²) in [5.41, 5.74) is 0.735. The van der Waals surface area contributed by atoms with Gasteiger partial charge < -0.3 is 14.8 Å². The summed E-state index contributed by atoms with van der Waals surface area (Å²) in [5.74, 6) is -0.795. The van der Waals surface area contributed by atoms with Crippen molar-refractivity contribution in [3.05, 3.63) is 23.8 Å². The van der Waals surface area contributed by atoms with Gasteiger partial charge in [0.1, 0.15) is 0 Å². The quantitative estimate of drug-likeness (QED) is 0.653. The molecule has 1 amide bonds. The molecule has 0 aliphatic carbocycles. The van der Waals surface area contributed by atoms with Gasteiger partial charge in [0.25, 0.3) is 0 Å². The van der Waals surface area contributed by atoms with Gasteiger partial charge in [-0.05, 0) is 17.7 Å². The minimum absolute atomic E-state index is 0.0805. The topological polar surface area (TPSA) is 81.7 Å². The molecular weight excluding hydrogens is 262 g/mol. The van der Waals surface area contributed by atoms with E-state index in [1.54, 1.807) is 19.1 Å². The molecule has 0 fully saturated rings. The minimum Gasteiger partial charge on any atom is -0.423 e. The lowest BCUT2D eigenvalue weighted by Gasteiger charge is -2.11. The maximum atomic E-state index is 11.2. The highest BCUT2D eigenvalue weighted by atomic mass is 16.6. The summed E-state index contributed by atoms with van der Waals surface area (Å²) < 4.78 is 9.94. The van der Waals surface area contributed by atoms with Crippen molar-refractivity contribution in [1.29, 1.82) is 0 Å². The fourth-order valence-corrected chi connectivity index (χ4v) is 1.46. The van der Waals surface area contributed by atoms with Crippen LogP contribution in [-0.4, -0.2) is 17.8 Å². The van der Waals surface area contributed by atoms with Crippen molar-refractivity contribution in [3.8, 4) is 11.5 Å². The lowest BCUT2D eigenvalue weighted by molar-refractivity contribution is -0.134. The van der Waals surface area contributed by atoms with Crippen molar-refractivity contribution in [3.63, 3.8) is 0 Å². The maximum absolute atomic E-state index is 11.2. The van der Waals surface area contributed by atoms with Crippen LogP contribution in [0.25, 0.3) is 0 Å². The maximum Gasteiger partial charge on any atom is 0.308 e. The molecular formula is C14H17NO5. The van der Waals surface area contributed by atoms with E-state index in [1.165, 1.54) is 19.9 Å². The standard InChI is InChI=1S/C14H17NO5/c1-4-14(18)15-8-11-5-6-12(19-9(2)16)13(7-11)20-10(3)17/h5-7H,4,8H2,1-3H3,(H,15,18). The molecule has 0 aliphatic rings. The second-order valence-corrected chi connectivity index (χ2v) is 4.10. The van der Waals surface area contributed by atoms with Crippen LogP contribution in [-0.2, 0) is 20.9 Å². The first-order valence-electron chi connectivity index (χ1n) is 6.18. The van der Waals surface area contributed by atoms with Gasteiger partial charge in [-0.15, -0.1) is 0 Å². The molecule has 0 unspecified atom stereocenters. The Morgan fingerprint density at radius 1 is 1.05 bits per heavy atom. The summed E-state index contributed by atoms with van der Waals surface area (Å²) in [6, 6.07) is 4.75. The number of rotatable bonds is 5. The Morgan fingerprint density at radius 3 is 2.20 bits per heavy atom. The number of benzene rings is 1. The second kappa shape index (κ2) is 7.28. The molecule has 6 heteroatoms. The van der Waals surface area contributed by atoms with Crippen LogP contribution in [0, 0.1) is 0 Å². The molecule has 0 radical (unpaired) electrons. The lowest BCUT2D eigenvalue weighted by atomic mass is 10.2. The Kier molecular flexibility index (Phi) is 5.71. The molecule has 1 N–H and O–H groups in total. The van der Waals surface area contributed by atoms with Crippen molar-refractivity contribution in [1.82, 2.24) is 5.32 Å². The molecule has 0 aliphatic heterocycles. The normalized spacial score (nSPS) is 9.75. The van der Waals surface area contributed by atoms with Gasteiger partial charge in [-0.3, -0.25) is 14.4 Å². The summed E-state index contributed by atoms with van der Waals surface area (Å²) in [5, 5.41) is 2.70. The minimum atomic E-state index is -0.520. The van der Waals surface area contributed by atoms with E-state index in [4.69, 9.17) is 9.47 Å². The van der Waals surface area contributed by atoms with Crippen LogP contribution in [0.3, 0.4) is 0 Å². The molecule has 1 rings (SSSR count). The zero-order chi connectivity index (χ0) is 15.1. The number of nitrogens with one attached hydrogen (secondary N) is 1. The predicted octanol–water partition coefficient (Wildman–Crippen LogP) is 1.56. The van der Waals surface area contributed by atoms with E-state index in [1.807, 2.05) is 0 Å². The van der Waals surface area contributed by atoms with E-state index in [9.17, 15) is 14.4 Å². The Labute approximate surface area is 117 Å². The third-order valence-corrected chi connectivity index (χ3v) is 2.33. The van der Waals surface area contributed by atoms with Crippen LogP contribution in [0.2, 0.25) is 0 Å². The first-order valence-corrected chi connectivity index (χ1v) is 6.18. The largest absolute Gasteiger partial charge is 0.423 e. The lowest BCUT2D eigenvalue weighted by Crippen LogP contribution is -2.21. The number of carbonyl (C=O) groups excluding carboxylic acids is 3. The van der Waals surface area contributed by atoms with Gasteiger partial charge in [-0.2, -0.15) is 0 Å². The molecule has 20 heavy (non-hydrogen) atoms. The van der Waals surface area contributed by atoms with Crippen LogP contribution in [0.15, 0.2) is 18.2 Å². The molecule has 0 saturated heterocycles. The van der Waals surface area contributed by atoms with Gasteiger partial charge in [0.2, 0.25) is 5.91 Å². The molecule has 0 saturated carbocycles. The van der Waals surface area contributed by atoms with Gasteiger partial charge >= 0.3 is 11.9 Å². The SMILES string of the molecule is CCC(=O)NCc1ccc(OC(C)=O)c(OC(C)=O)c1. The van der Waals surface area contributed by atoms with Crippen LogP contribution < -0.4 is 14.8 Å². The van der Waals surface area contributed by atoms with E-state index in [0.717, 1.165) is 5.56 Å². The van der Waals surface area contributed by atoms with Crippen molar-refractivity contribution in [2.75, 3.05) is 0 Å². The van der Waals surface area contributed by atoms with E-state index in [2.05, 4.69) is 5.32 Å². The van der Waals surface area contributed by atoms with E-state index in [-0.39, 0.29) is 17.4 Å². The summed E-state index contributed by atoms with van der Waals surface area (Å²) in [6.07, 6.45) is 0.391. The number of carbonyl (C=O) groups is 3. The average molecular weight is 279 g/mol. The summed E-state index contributed by atoms with van der Waals surface area (Å²) in [4.78, 5) is 33.2. The van der Waals surface area contributed by atoms with Crippen molar-refractivity contribution < 1.29 is 23.9 Å². The average Bonchev–Trinajstić information content (AvgIpc) is 2.37. The Bertz CT molecular complexity index is 524. The number of ether oxygens (including phenoxy) is 2. The summed E-state index contributed by atoms with van der Waals surface area (Å²) >= 11 is 0. The Morgan fingerprint density at radius 2 is 1.65 bits per heavy atom. The highest BCUT2D eigenvalue weighted by Crippen LogP contribution is 2.28. The van der Waals surface area contributed by atoms with Gasteiger partial charge in [0.05, 0.1) is 0 Å². The molecule has 1 aromatic rings. The van der Waals surface area contributed by atoms with Gasteiger partial charge in [-0.1, -0.05) is 13.0 Å². The molecule has 0 aromatic heterocycles. The molecule has 0 spiro atoms. The highest BCUT2D eigenvalue weighted by Gasteiger charge is 2.11. The van der Waals surface area contributed by atoms with Crippen LogP contribution in [0.1, 0.15) is 32.8 Å². The monoisotopic (exact) mass is 279 g/mol. The van der Waals surface area contributed by atoms with E-state index in [0.29, 0.717) is 13.0 Å². The van der Waals surface area contributed by atoms with Crippen LogP contribution in [0.5, 0.6) is 11.5 Å². The molecule has 0 atom stereocenters. The number of hydrogen-bond acceptors (Lipinski definition) is 5. The third-order valence-electron chi connectivity index (χ3n) is 2.33. The zero-order valence-electron chi connectivity index (χ0n) is 11.7. The highest BCUT2D eigenvalue weighted by molar-refractivity contribution is 5.76. The van der Waals surface area contributed by atoms with Gasteiger partial charge in [-0.25, -0.2) is 0 Å². The molecule has 1 aromatic carbocycles. The third kappa shape index (κ3) is 5.09. The van der Waals surface area contributed by atoms with Gasteiger partial charge in [0.15, 0.2) is 11.5 Å². The molecule has 108 valence electrons.